The number of hydrogen-bond donors (Lipinski definition) is 2. The summed E-state index contributed by atoms with van der Waals surface area (Å²) in [5.74, 6) is 1.90. The standard InChI is InChI=1S/C26H22ClN7O2/c1-14(31-24-21(22(28)29-13-30-24)25-32-23(33-36-25)15-10-11-15)19-12-16-6-5-9-18(27)20(16)26(35)34(19)17-7-3-2-4-8-17/h2-9,12-15H,10-11H2,1H3,(H3,28,29,30,31)/t14-/m0/s1. The van der Waals surface area contributed by atoms with E-state index in [1.165, 1.54) is 6.33 Å². The summed E-state index contributed by atoms with van der Waals surface area (Å²) in [7, 11) is 0. The van der Waals surface area contributed by atoms with Gasteiger partial charge in [0.05, 0.1) is 16.5 Å². The van der Waals surface area contributed by atoms with Gasteiger partial charge in [0.15, 0.2) is 5.82 Å². The van der Waals surface area contributed by atoms with Crippen LogP contribution in [0.2, 0.25) is 5.02 Å². The maximum Gasteiger partial charge on any atom is 0.265 e. The van der Waals surface area contributed by atoms with E-state index < -0.39 is 0 Å². The topological polar surface area (TPSA) is 125 Å². The van der Waals surface area contributed by atoms with Gasteiger partial charge in [-0.2, -0.15) is 4.98 Å². The molecule has 0 saturated heterocycles. The molecule has 1 aliphatic carbocycles. The molecule has 0 spiro atoms. The van der Waals surface area contributed by atoms with Crippen LogP contribution in [0.5, 0.6) is 0 Å². The number of benzene rings is 2. The summed E-state index contributed by atoms with van der Waals surface area (Å²) in [4.78, 5) is 26.8. The van der Waals surface area contributed by atoms with Crippen molar-refractivity contribution < 1.29 is 4.52 Å². The summed E-state index contributed by atoms with van der Waals surface area (Å²) in [6, 6.07) is 16.4. The van der Waals surface area contributed by atoms with Crippen molar-refractivity contribution in [1.29, 1.82) is 0 Å². The normalized spacial score (nSPS) is 14.2. The molecule has 9 nitrogen and oxygen atoms in total. The molecule has 3 aromatic heterocycles. The number of nitrogens with zero attached hydrogens (tertiary/aromatic N) is 5. The molecule has 3 heterocycles. The number of anilines is 2. The lowest BCUT2D eigenvalue weighted by Crippen LogP contribution is -2.26. The van der Waals surface area contributed by atoms with Gasteiger partial charge in [-0.15, -0.1) is 0 Å². The number of pyridine rings is 1. The van der Waals surface area contributed by atoms with Gasteiger partial charge in [-0.1, -0.05) is 47.1 Å². The third-order valence-electron chi connectivity index (χ3n) is 6.31. The highest BCUT2D eigenvalue weighted by Crippen LogP contribution is 2.40. The van der Waals surface area contributed by atoms with E-state index >= 15 is 0 Å². The molecular formula is C26H22ClN7O2. The number of nitrogen functional groups attached to an aromatic ring is 1. The molecule has 0 unspecified atom stereocenters. The van der Waals surface area contributed by atoms with Crippen LogP contribution in [-0.2, 0) is 0 Å². The molecular weight excluding hydrogens is 478 g/mol. The molecule has 2 aromatic carbocycles. The number of hydrogen-bond acceptors (Lipinski definition) is 8. The Hall–Kier alpha value is -4.24. The fourth-order valence-electron chi connectivity index (χ4n) is 4.34. The van der Waals surface area contributed by atoms with Crippen LogP contribution in [0.1, 0.15) is 43.2 Å². The number of halogens is 1. The van der Waals surface area contributed by atoms with Gasteiger partial charge in [-0.3, -0.25) is 9.36 Å². The fourth-order valence-corrected chi connectivity index (χ4v) is 4.61. The number of rotatable bonds is 6. The molecule has 5 aromatic rings. The first-order chi connectivity index (χ1) is 17.5. The smallest absolute Gasteiger partial charge is 0.265 e. The molecule has 10 heteroatoms. The highest BCUT2D eigenvalue weighted by molar-refractivity contribution is 6.35. The quantitative estimate of drug-likeness (QED) is 0.330. The Morgan fingerprint density at radius 3 is 2.72 bits per heavy atom. The molecule has 0 bridgehead atoms. The van der Waals surface area contributed by atoms with Gasteiger partial charge in [0.1, 0.15) is 23.5 Å². The van der Waals surface area contributed by atoms with Gasteiger partial charge >= 0.3 is 0 Å². The Labute approximate surface area is 211 Å². The van der Waals surface area contributed by atoms with E-state index in [4.69, 9.17) is 21.9 Å². The highest BCUT2D eigenvalue weighted by Gasteiger charge is 2.30. The minimum atomic E-state index is -0.375. The second-order valence-electron chi connectivity index (χ2n) is 8.83. The first-order valence-electron chi connectivity index (χ1n) is 11.6. The molecule has 3 N–H and O–H groups in total. The highest BCUT2D eigenvalue weighted by atomic mass is 35.5. The Kier molecular flexibility index (Phi) is 5.41. The van der Waals surface area contributed by atoms with Gasteiger partial charge < -0.3 is 15.6 Å². The molecule has 0 amide bonds. The van der Waals surface area contributed by atoms with E-state index in [-0.39, 0.29) is 23.3 Å². The van der Waals surface area contributed by atoms with E-state index in [0.717, 1.165) is 23.9 Å². The lowest BCUT2D eigenvalue weighted by atomic mass is 10.1. The average Bonchev–Trinajstić information content (AvgIpc) is 3.62. The second-order valence-corrected chi connectivity index (χ2v) is 9.24. The van der Waals surface area contributed by atoms with Crippen LogP contribution < -0.4 is 16.6 Å². The Balaban J connectivity index is 1.47. The molecule has 1 fully saturated rings. The monoisotopic (exact) mass is 499 g/mol. The van der Waals surface area contributed by atoms with Gasteiger partial charge in [0.2, 0.25) is 0 Å². The first kappa shape index (κ1) is 22.2. The van der Waals surface area contributed by atoms with Crippen molar-refractivity contribution in [2.75, 3.05) is 11.1 Å². The molecule has 1 atom stereocenters. The van der Waals surface area contributed by atoms with Crippen molar-refractivity contribution in [1.82, 2.24) is 24.7 Å². The number of nitrogens with one attached hydrogen (secondary N) is 1. The van der Waals surface area contributed by atoms with Gasteiger partial charge in [-0.05, 0) is 49.4 Å². The van der Waals surface area contributed by atoms with Crippen LogP contribution in [0.4, 0.5) is 11.6 Å². The molecule has 180 valence electrons. The predicted octanol–water partition coefficient (Wildman–Crippen LogP) is 5.12. The maximum atomic E-state index is 13.7. The maximum absolute atomic E-state index is 13.7. The molecule has 0 aliphatic heterocycles. The Bertz CT molecular complexity index is 1640. The van der Waals surface area contributed by atoms with Crippen LogP contribution >= 0.6 is 11.6 Å². The van der Waals surface area contributed by atoms with Crippen LogP contribution in [-0.4, -0.2) is 24.7 Å². The summed E-state index contributed by atoms with van der Waals surface area (Å²) in [5, 5.41) is 9.10. The lowest BCUT2D eigenvalue weighted by Gasteiger charge is -2.22. The van der Waals surface area contributed by atoms with Crippen LogP contribution in [0, 0.1) is 0 Å². The number of aromatic nitrogens is 5. The summed E-state index contributed by atoms with van der Waals surface area (Å²) < 4.78 is 7.17. The predicted molar refractivity (Wildman–Crippen MR) is 138 cm³/mol. The zero-order valence-electron chi connectivity index (χ0n) is 19.4. The van der Waals surface area contributed by atoms with Crippen molar-refractivity contribution in [3.05, 3.63) is 87.8 Å². The summed E-state index contributed by atoms with van der Waals surface area (Å²) >= 11 is 6.43. The van der Waals surface area contributed by atoms with Crippen molar-refractivity contribution in [2.45, 2.75) is 31.7 Å². The molecule has 6 rings (SSSR count). The molecule has 1 aliphatic rings. The van der Waals surface area contributed by atoms with Crippen molar-refractivity contribution in [3.63, 3.8) is 0 Å². The van der Waals surface area contributed by atoms with Crippen LogP contribution in [0.15, 0.2) is 70.2 Å². The third kappa shape index (κ3) is 3.87. The largest absolute Gasteiger partial charge is 0.383 e. The third-order valence-corrected chi connectivity index (χ3v) is 6.63. The van der Waals surface area contributed by atoms with Crippen LogP contribution in [0.25, 0.3) is 27.9 Å². The first-order valence-corrected chi connectivity index (χ1v) is 12.0. The minimum Gasteiger partial charge on any atom is -0.383 e. The number of fused-ring (bicyclic) bond motifs is 1. The summed E-state index contributed by atoms with van der Waals surface area (Å²) in [6.07, 6.45) is 3.46. The Morgan fingerprint density at radius 2 is 1.94 bits per heavy atom. The number of para-hydroxylation sites is 1. The zero-order valence-corrected chi connectivity index (χ0v) is 20.1. The van der Waals surface area contributed by atoms with Crippen molar-refractivity contribution in [3.8, 4) is 17.1 Å². The van der Waals surface area contributed by atoms with Gasteiger partial charge in [0.25, 0.3) is 11.4 Å². The lowest BCUT2D eigenvalue weighted by molar-refractivity contribution is 0.422. The second kappa shape index (κ2) is 8.76. The van der Waals surface area contributed by atoms with Gasteiger partial charge in [0, 0.05) is 17.3 Å². The van der Waals surface area contributed by atoms with E-state index in [0.29, 0.717) is 39.2 Å². The summed E-state index contributed by atoms with van der Waals surface area (Å²) in [6.45, 7) is 1.94. The zero-order chi connectivity index (χ0) is 24.8. The molecule has 1 saturated carbocycles. The van der Waals surface area contributed by atoms with E-state index in [1.807, 2.05) is 55.5 Å². The minimum absolute atomic E-state index is 0.207. The summed E-state index contributed by atoms with van der Waals surface area (Å²) in [5.41, 5.74) is 7.88. The fraction of sp³-hybridized carbons (Fsp3) is 0.192. The SMILES string of the molecule is C[C@H](Nc1ncnc(N)c1-c1nc(C2CC2)no1)c1cc2cccc(Cl)c2c(=O)n1-c1ccccc1. The van der Waals surface area contributed by atoms with E-state index in [9.17, 15) is 4.79 Å². The average molecular weight is 500 g/mol. The Morgan fingerprint density at radius 1 is 1.14 bits per heavy atom. The van der Waals surface area contributed by atoms with Crippen LogP contribution in [0.3, 0.4) is 0 Å². The molecule has 0 radical (unpaired) electrons. The van der Waals surface area contributed by atoms with Crippen molar-refractivity contribution >= 4 is 34.0 Å². The van der Waals surface area contributed by atoms with Crippen molar-refractivity contribution in [2.24, 2.45) is 0 Å². The van der Waals surface area contributed by atoms with Gasteiger partial charge in [-0.25, -0.2) is 9.97 Å². The molecule has 36 heavy (non-hydrogen) atoms. The number of nitrogens with two attached hydrogens (primary N) is 1. The van der Waals surface area contributed by atoms with E-state index in [1.54, 1.807) is 10.6 Å². The van der Waals surface area contributed by atoms with E-state index in [2.05, 4.69) is 25.4 Å².